The first-order chi connectivity index (χ1) is 9.20. The lowest BCUT2D eigenvalue weighted by Crippen LogP contribution is -2.50. The van der Waals surface area contributed by atoms with Crippen LogP contribution in [0.4, 0.5) is 0 Å². The molecule has 4 nitrogen and oxygen atoms in total. The van der Waals surface area contributed by atoms with E-state index in [2.05, 4.69) is 29.4 Å². The summed E-state index contributed by atoms with van der Waals surface area (Å²) >= 11 is 0. The highest BCUT2D eigenvalue weighted by Gasteiger charge is 2.29. The van der Waals surface area contributed by atoms with E-state index < -0.39 is 0 Å². The van der Waals surface area contributed by atoms with Gasteiger partial charge in [-0.3, -0.25) is 9.69 Å². The van der Waals surface area contributed by atoms with Crippen LogP contribution >= 0.6 is 0 Å². The van der Waals surface area contributed by atoms with Crippen molar-refractivity contribution in [2.24, 2.45) is 0 Å². The van der Waals surface area contributed by atoms with Crippen molar-refractivity contribution >= 4 is 5.91 Å². The minimum atomic E-state index is 0.00884. The predicted molar refractivity (Wildman–Crippen MR) is 78.1 cm³/mol. The van der Waals surface area contributed by atoms with Crippen LogP contribution in [0, 0.1) is 0 Å². The first-order valence-corrected chi connectivity index (χ1v) is 7.98. The summed E-state index contributed by atoms with van der Waals surface area (Å²) in [6.45, 7) is 7.45. The minimum Gasteiger partial charge on any atom is -0.352 e. The summed E-state index contributed by atoms with van der Waals surface area (Å²) in [7, 11) is 0. The van der Waals surface area contributed by atoms with Gasteiger partial charge in [-0.15, -0.1) is 0 Å². The number of hydrogen-bond acceptors (Lipinski definition) is 3. The third-order valence-corrected chi connectivity index (χ3v) is 4.27. The van der Waals surface area contributed by atoms with Crippen molar-refractivity contribution in [3.05, 3.63) is 0 Å². The molecule has 0 aromatic carbocycles. The minimum absolute atomic E-state index is 0.00884. The van der Waals surface area contributed by atoms with Gasteiger partial charge in [0.2, 0.25) is 5.91 Å². The van der Waals surface area contributed by atoms with Crippen LogP contribution < -0.4 is 10.6 Å². The summed E-state index contributed by atoms with van der Waals surface area (Å²) in [6, 6.07) is 1.05. The van der Waals surface area contributed by atoms with E-state index in [4.69, 9.17) is 0 Å². The fourth-order valence-electron chi connectivity index (χ4n) is 2.72. The lowest BCUT2D eigenvalue weighted by molar-refractivity contribution is -0.126. The first-order valence-electron chi connectivity index (χ1n) is 7.98. The molecule has 2 fully saturated rings. The van der Waals surface area contributed by atoms with Crippen LogP contribution in [0.15, 0.2) is 0 Å². The van der Waals surface area contributed by atoms with Crippen molar-refractivity contribution in [3.63, 3.8) is 0 Å². The Kier molecular flexibility index (Phi) is 5.64. The van der Waals surface area contributed by atoms with Gasteiger partial charge in [0, 0.05) is 18.6 Å². The zero-order chi connectivity index (χ0) is 13.7. The molecule has 4 heteroatoms. The van der Waals surface area contributed by atoms with Gasteiger partial charge in [-0.2, -0.15) is 0 Å². The summed E-state index contributed by atoms with van der Waals surface area (Å²) in [4.78, 5) is 14.6. The summed E-state index contributed by atoms with van der Waals surface area (Å²) in [6.07, 6.45) is 7.21. The standard InChI is InChI=1S/C15H29N3O/c1-3-4-10-18(11-14-6-5-9-16-14)12(2)15(19)17-13-7-8-13/h12-14,16H,3-11H2,1-2H3,(H,17,19). The highest BCUT2D eigenvalue weighted by Crippen LogP contribution is 2.19. The Morgan fingerprint density at radius 3 is 2.79 bits per heavy atom. The van der Waals surface area contributed by atoms with Gasteiger partial charge in [0.25, 0.3) is 0 Å². The van der Waals surface area contributed by atoms with Crippen LogP contribution in [0.5, 0.6) is 0 Å². The molecule has 1 aliphatic carbocycles. The van der Waals surface area contributed by atoms with Gasteiger partial charge < -0.3 is 10.6 Å². The molecule has 0 spiro atoms. The second-order valence-corrected chi connectivity index (χ2v) is 6.10. The van der Waals surface area contributed by atoms with Crippen LogP contribution in [0.1, 0.15) is 52.4 Å². The molecular weight excluding hydrogens is 238 g/mol. The number of hydrogen-bond donors (Lipinski definition) is 2. The number of unbranched alkanes of at least 4 members (excludes halogenated alkanes) is 1. The van der Waals surface area contributed by atoms with Crippen LogP contribution in [0.3, 0.4) is 0 Å². The average molecular weight is 267 g/mol. The molecule has 2 rings (SSSR count). The van der Waals surface area contributed by atoms with Gasteiger partial charge in [0.15, 0.2) is 0 Å². The Labute approximate surface area is 117 Å². The zero-order valence-corrected chi connectivity index (χ0v) is 12.5. The van der Waals surface area contributed by atoms with Crippen LogP contribution in [0.2, 0.25) is 0 Å². The molecule has 1 saturated carbocycles. The highest BCUT2D eigenvalue weighted by atomic mass is 16.2. The lowest BCUT2D eigenvalue weighted by Gasteiger charge is -2.30. The van der Waals surface area contributed by atoms with E-state index in [1.807, 2.05) is 0 Å². The fourth-order valence-corrected chi connectivity index (χ4v) is 2.72. The number of amides is 1. The Hall–Kier alpha value is -0.610. The molecule has 1 aliphatic heterocycles. The molecule has 1 amide bonds. The summed E-state index contributed by atoms with van der Waals surface area (Å²) in [5, 5.41) is 6.67. The lowest BCUT2D eigenvalue weighted by atomic mass is 10.1. The average Bonchev–Trinajstić information content (AvgIpc) is 3.07. The van der Waals surface area contributed by atoms with E-state index in [1.54, 1.807) is 0 Å². The molecule has 0 aromatic heterocycles. The summed E-state index contributed by atoms with van der Waals surface area (Å²) in [5.74, 6) is 0.219. The SMILES string of the molecule is CCCCN(CC1CCCN1)C(C)C(=O)NC1CC1. The van der Waals surface area contributed by atoms with Crippen molar-refractivity contribution in [3.8, 4) is 0 Å². The Morgan fingerprint density at radius 1 is 1.42 bits per heavy atom. The van der Waals surface area contributed by atoms with E-state index in [0.717, 1.165) is 32.5 Å². The van der Waals surface area contributed by atoms with Gasteiger partial charge >= 0.3 is 0 Å². The predicted octanol–water partition coefficient (Wildman–Crippen LogP) is 1.51. The van der Waals surface area contributed by atoms with E-state index in [1.165, 1.54) is 25.7 Å². The molecule has 2 aliphatic rings. The highest BCUT2D eigenvalue weighted by molar-refractivity contribution is 5.81. The second kappa shape index (κ2) is 7.25. The van der Waals surface area contributed by atoms with Gasteiger partial charge in [-0.25, -0.2) is 0 Å². The first kappa shape index (κ1) is 14.8. The number of nitrogens with zero attached hydrogens (tertiary/aromatic N) is 1. The molecule has 0 bridgehead atoms. The maximum atomic E-state index is 12.2. The van der Waals surface area contributed by atoms with E-state index in [0.29, 0.717) is 12.1 Å². The van der Waals surface area contributed by atoms with Crippen LogP contribution in [0.25, 0.3) is 0 Å². The van der Waals surface area contributed by atoms with E-state index in [9.17, 15) is 4.79 Å². The van der Waals surface area contributed by atoms with Crippen molar-refractivity contribution in [1.29, 1.82) is 0 Å². The molecule has 19 heavy (non-hydrogen) atoms. The Morgan fingerprint density at radius 2 is 2.21 bits per heavy atom. The molecule has 1 saturated heterocycles. The largest absolute Gasteiger partial charge is 0.352 e. The molecule has 2 atom stereocenters. The number of nitrogens with one attached hydrogen (secondary N) is 2. The van der Waals surface area contributed by atoms with Crippen molar-refractivity contribution in [2.75, 3.05) is 19.6 Å². The van der Waals surface area contributed by atoms with Crippen LogP contribution in [-0.4, -0.2) is 48.6 Å². The monoisotopic (exact) mass is 267 g/mol. The van der Waals surface area contributed by atoms with Gasteiger partial charge in [0.1, 0.15) is 0 Å². The molecule has 0 radical (unpaired) electrons. The molecule has 2 N–H and O–H groups in total. The summed E-state index contributed by atoms with van der Waals surface area (Å²) in [5.41, 5.74) is 0. The molecule has 0 aromatic rings. The number of carbonyl (C=O) groups is 1. The van der Waals surface area contributed by atoms with Gasteiger partial charge in [-0.05, 0) is 52.1 Å². The quantitative estimate of drug-likeness (QED) is 0.700. The molecular formula is C15H29N3O. The molecule has 1 heterocycles. The molecule has 110 valence electrons. The van der Waals surface area contributed by atoms with Gasteiger partial charge in [-0.1, -0.05) is 13.3 Å². The molecule has 2 unspecified atom stereocenters. The third-order valence-electron chi connectivity index (χ3n) is 4.27. The van der Waals surface area contributed by atoms with Crippen molar-refractivity contribution in [2.45, 2.75) is 70.5 Å². The van der Waals surface area contributed by atoms with Gasteiger partial charge in [0.05, 0.1) is 6.04 Å². The summed E-state index contributed by atoms with van der Waals surface area (Å²) < 4.78 is 0. The fraction of sp³-hybridized carbons (Fsp3) is 0.933. The smallest absolute Gasteiger partial charge is 0.237 e. The third kappa shape index (κ3) is 4.77. The van der Waals surface area contributed by atoms with Crippen LogP contribution in [-0.2, 0) is 4.79 Å². The van der Waals surface area contributed by atoms with E-state index in [-0.39, 0.29) is 11.9 Å². The topological polar surface area (TPSA) is 44.4 Å². The number of rotatable bonds is 8. The number of carbonyl (C=O) groups excluding carboxylic acids is 1. The van der Waals surface area contributed by atoms with Crippen molar-refractivity contribution < 1.29 is 4.79 Å². The Bertz CT molecular complexity index is 285. The second-order valence-electron chi connectivity index (χ2n) is 6.10. The van der Waals surface area contributed by atoms with E-state index >= 15 is 0 Å². The normalized spacial score (nSPS) is 24.7. The maximum absolute atomic E-state index is 12.2. The van der Waals surface area contributed by atoms with Crippen molar-refractivity contribution in [1.82, 2.24) is 15.5 Å². The Balaban J connectivity index is 1.83. The zero-order valence-electron chi connectivity index (χ0n) is 12.5. The maximum Gasteiger partial charge on any atom is 0.237 e.